The van der Waals surface area contributed by atoms with Gasteiger partial charge in [-0.15, -0.1) is 11.3 Å². The van der Waals surface area contributed by atoms with E-state index in [4.69, 9.17) is 4.98 Å². The lowest BCUT2D eigenvalue weighted by Crippen LogP contribution is -2.04. The molecule has 4 nitrogen and oxygen atoms in total. The van der Waals surface area contributed by atoms with Crippen LogP contribution < -0.4 is 5.32 Å². The molecule has 0 spiro atoms. The smallest absolute Gasteiger partial charge is 0.147 e. The minimum absolute atomic E-state index is 0.633. The molecule has 27 heavy (non-hydrogen) atoms. The molecule has 3 heterocycles. The lowest BCUT2D eigenvalue weighted by Gasteiger charge is -2.11. The molecule has 144 valence electrons. The third-order valence-electron chi connectivity index (χ3n) is 5.48. The second-order valence-electron chi connectivity index (χ2n) is 8.14. The molecule has 0 bridgehead atoms. The zero-order chi connectivity index (χ0) is 18.8. The highest BCUT2D eigenvalue weighted by molar-refractivity contribution is 7.26. The molecule has 0 aromatic carbocycles. The van der Waals surface area contributed by atoms with Crippen LogP contribution in [0.25, 0.3) is 20.4 Å². The number of hydrogen-bond donors (Lipinski definition) is 1. The van der Waals surface area contributed by atoms with Gasteiger partial charge in [0, 0.05) is 17.6 Å². The van der Waals surface area contributed by atoms with Gasteiger partial charge in [0.25, 0.3) is 0 Å². The molecule has 0 atom stereocenters. The van der Waals surface area contributed by atoms with Crippen LogP contribution in [0, 0.1) is 5.92 Å². The highest BCUT2D eigenvalue weighted by Gasteiger charge is 2.24. The Hall–Kier alpha value is -1.75. The number of fused-ring (bicyclic) bond motifs is 5. The highest BCUT2D eigenvalue weighted by Crippen LogP contribution is 2.41. The van der Waals surface area contributed by atoms with Crippen LogP contribution in [-0.2, 0) is 19.3 Å². The molecule has 0 fully saturated rings. The van der Waals surface area contributed by atoms with Gasteiger partial charge in [-0.25, -0.2) is 15.0 Å². The largest absolute Gasteiger partial charge is 0.369 e. The zero-order valence-electron chi connectivity index (χ0n) is 16.8. The van der Waals surface area contributed by atoms with Crippen LogP contribution >= 0.6 is 11.3 Å². The number of unbranched alkanes of at least 4 members (excludes halogenated alkanes) is 3. The second kappa shape index (κ2) is 8.09. The maximum absolute atomic E-state index is 5.11. The molecule has 1 N–H and O–H groups in total. The Labute approximate surface area is 165 Å². The first-order valence-electron chi connectivity index (χ1n) is 10.5. The minimum Gasteiger partial charge on any atom is -0.369 e. The van der Waals surface area contributed by atoms with Crippen molar-refractivity contribution in [1.29, 1.82) is 0 Å². The summed E-state index contributed by atoms with van der Waals surface area (Å²) < 4.78 is 1.17. The first kappa shape index (κ1) is 18.6. The van der Waals surface area contributed by atoms with E-state index in [9.17, 15) is 0 Å². The number of nitrogens with zero attached hydrogens (tertiary/aromatic N) is 3. The third kappa shape index (κ3) is 3.66. The predicted molar refractivity (Wildman–Crippen MR) is 116 cm³/mol. The second-order valence-corrected chi connectivity index (χ2v) is 9.14. The molecule has 3 aromatic heterocycles. The van der Waals surface area contributed by atoms with Crippen molar-refractivity contribution in [2.24, 2.45) is 5.92 Å². The third-order valence-corrected chi connectivity index (χ3v) is 6.56. The van der Waals surface area contributed by atoms with Crippen molar-refractivity contribution in [1.82, 2.24) is 15.0 Å². The van der Waals surface area contributed by atoms with Gasteiger partial charge in [0.15, 0.2) is 0 Å². The normalized spacial score (nSPS) is 13.8. The fourth-order valence-electron chi connectivity index (χ4n) is 4.22. The number of aromatic nitrogens is 3. The van der Waals surface area contributed by atoms with Crippen molar-refractivity contribution in [3.8, 4) is 0 Å². The van der Waals surface area contributed by atoms with E-state index in [0.29, 0.717) is 5.92 Å². The average molecular weight is 383 g/mol. The van der Waals surface area contributed by atoms with Gasteiger partial charge in [-0.1, -0.05) is 40.0 Å². The molecular formula is C22H30N4S. The van der Waals surface area contributed by atoms with Gasteiger partial charge < -0.3 is 5.32 Å². The van der Waals surface area contributed by atoms with Crippen molar-refractivity contribution in [2.75, 3.05) is 11.9 Å². The van der Waals surface area contributed by atoms with E-state index in [1.807, 2.05) is 0 Å². The molecule has 0 saturated carbocycles. The number of aryl methyl sites for hydroxylation is 1. The Morgan fingerprint density at radius 1 is 1.11 bits per heavy atom. The topological polar surface area (TPSA) is 50.7 Å². The molecule has 0 amide bonds. The SMILES string of the molecule is CCCCCCNc1ncnc2c1sc1nc(CC(C)C)c3c(c12)CCC3. The quantitative estimate of drug-likeness (QED) is 0.491. The van der Waals surface area contributed by atoms with Gasteiger partial charge in [0.2, 0.25) is 0 Å². The van der Waals surface area contributed by atoms with Gasteiger partial charge >= 0.3 is 0 Å². The molecule has 1 aliphatic carbocycles. The summed E-state index contributed by atoms with van der Waals surface area (Å²) in [6.07, 6.45) is 11.4. The summed E-state index contributed by atoms with van der Waals surface area (Å²) in [6, 6.07) is 0. The Morgan fingerprint density at radius 2 is 1.96 bits per heavy atom. The fraction of sp³-hybridized carbons (Fsp3) is 0.591. The van der Waals surface area contributed by atoms with Crippen molar-refractivity contribution in [2.45, 2.75) is 72.1 Å². The number of hydrogen-bond acceptors (Lipinski definition) is 5. The van der Waals surface area contributed by atoms with Gasteiger partial charge in [0.1, 0.15) is 17.0 Å². The molecule has 0 saturated heterocycles. The summed E-state index contributed by atoms with van der Waals surface area (Å²) >= 11 is 1.77. The highest BCUT2D eigenvalue weighted by atomic mass is 32.1. The number of anilines is 1. The monoisotopic (exact) mass is 382 g/mol. The molecule has 0 aliphatic heterocycles. The molecule has 4 rings (SSSR count). The van der Waals surface area contributed by atoms with Gasteiger partial charge in [-0.05, 0) is 49.1 Å². The number of nitrogens with one attached hydrogen (secondary N) is 1. The fourth-order valence-corrected chi connectivity index (χ4v) is 5.36. The van der Waals surface area contributed by atoms with Crippen molar-refractivity contribution in [3.05, 3.63) is 23.1 Å². The Balaban J connectivity index is 1.73. The Kier molecular flexibility index (Phi) is 5.58. The predicted octanol–water partition coefficient (Wildman–Crippen LogP) is 5.92. The first-order valence-corrected chi connectivity index (χ1v) is 11.3. The molecule has 0 radical (unpaired) electrons. The molecule has 5 heteroatoms. The number of thiophene rings is 1. The lowest BCUT2D eigenvalue weighted by molar-refractivity contribution is 0.632. The van der Waals surface area contributed by atoms with E-state index in [2.05, 4.69) is 36.1 Å². The number of pyridine rings is 1. The minimum atomic E-state index is 0.633. The summed E-state index contributed by atoms with van der Waals surface area (Å²) in [5.41, 5.74) is 5.43. The summed E-state index contributed by atoms with van der Waals surface area (Å²) in [6.45, 7) is 7.79. The van der Waals surface area contributed by atoms with E-state index >= 15 is 0 Å². The number of rotatable bonds is 8. The van der Waals surface area contributed by atoms with Crippen LogP contribution in [0.5, 0.6) is 0 Å². The van der Waals surface area contributed by atoms with Crippen LogP contribution in [0.4, 0.5) is 5.82 Å². The standard InChI is InChI=1S/C22H30N4S/c1-4-5-6-7-11-23-21-20-19(24-13-25-21)18-16-10-8-9-15(16)17(12-14(2)3)26-22(18)27-20/h13-14H,4-12H2,1-3H3,(H,23,24,25). The first-order chi connectivity index (χ1) is 13.2. The van der Waals surface area contributed by atoms with Crippen molar-refractivity contribution >= 4 is 37.6 Å². The van der Waals surface area contributed by atoms with E-state index < -0.39 is 0 Å². The van der Waals surface area contributed by atoms with Gasteiger partial charge in [-0.2, -0.15) is 0 Å². The van der Waals surface area contributed by atoms with E-state index in [-0.39, 0.29) is 0 Å². The van der Waals surface area contributed by atoms with Gasteiger partial charge in [-0.3, -0.25) is 0 Å². The Bertz CT molecular complexity index is 945. The van der Waals surface area contributed by atoms with Crippen LogP contribution in [0.3, 0.4) is 0 Å². The molecule has 1 aliphatic rings. The average Bonchev–Trinajstić information content (AvgIpc) is 3.25. The molecular weight excluding hydrogens is 352 g/mol. The summed E-state index contributed by atoms with van der Waals surface area (Å²) in [5, 5.41) is 4.85. The van der Waals surface area contributed by atoms with Crippen molar-refractivity contribution < 1.29 is 0 Å². The van der Waals surface area contributed by atoms with Crippen LogP contribution in [-0.4, -0.2) is 21.5 Å². The van der Waals surface area contributed by atoms with Crippen LogP contribution in [0.2, 0.25) is 0 Å². The lowest BCUT2D eigenvalue weighted by atomic mass is 9.99. The zero-order valence-corrected chi connectivity index (χ0v) is 17.6. The molecule has 0 unspecified atom stereocenters. The Morgan fingerprint density at radius 3 is 2.78 bits per heavy atom. The van der Waals surface area contributed by atoms with E-state index in [0.717, 1.165) is 35.6 Å². The molecule has 3 aromatic rings. The maximum atomic E-state index is 5.11. The summed E-state index contributed by atoms with van der Waals surface area (Å²) in [5.74, 6) is 1.62. The van der Waals surface area contributed by atoms with Crippen molar-refractivity contribution in [3.63, 3.8) is 0 Å². The van der Waals surface area contributed by atoms with E-state index in [1.54, 1.807) is 17.7 Å². The summed E-state index contributed by atoms with van der Waals surface area (Å²) in [7, 11) is 0. The van der Waals surface area contributed by atoms with Crippen LogP contribution in [0.1, 0.15) is 69.7 Å². The van der Waals surface area contributed by atoms with E-state index in [1.165, 1.54) is 65.4 Å². The van der Waals surface area contributed by atoms with Gasteiger partial charge in [0.05, 0.1) is 10.2 Å². The summed E-state index contributed by atoms with van der Waals surface area (Å²) in [4.78, 5) is 15.5. The van der Waals surface area contributed by atoms with Crippen LogP contribution in [0.15, 0.2) is 6.33 Å². The maximum Gasteiger partial charge on any atom is 0.147 e.